The molecule has 0 aromatic heterocycles. The lowest BCUT2D eigenvalue weighted by atomic mass is 10.1. The fourth-order valence-electron chi connectivity index (χ4n) is 1.40. The standard InChI is InChI=1S/C13H17NO3/c1-10(6-7-15)8-14-13(17)12-4-2-11(9-16)3-5-12/h2-5,9-10,15H,6-8H2,1H3,(H,14,17). The number of hydrogen-bond donors (Lipinski definition) is 2. The van der Waals surface area contributed by atoms with E-state index >= 15 is 0 Å². The predicted octanol–water partition coefficient (Wildman–Crippen LogP) is 1.25. The Morgan fingerprint density at radius 2 is 2.06 bits per heavy atom. The molecule has 4 heteroatoms. The molecule has 1 aromatic carbocycles. The summed E-state index contributed by atoms with van der Waals surface area (Å²) in [5.41, 5.74) is 1.09. The van der Waals surface area contributed by atoms with Gasteiger partial charge in [-0.1, -0.05) is 19.1 Å². The normalized spacial score (nSPS) is 11.9. The summed E-state index contributed by atoms with van der Waals surface area (Å²) in [4.78, 5) is 22.1. The van der Waals surface area contributed by atoms with Gasteiger partial charge in [0.2, 0.25) is 0 Å². The number of aldehydes is 1. The van der Waals surface area contributed by atoms with Crippen molar-refractivity contribution in [1.82, 2.24) is 5.32 Å². The number of carbonyl (C=O) groups excluding carboxylic acids is 2. The van der Waals surface area contributed by atoms with Crippen LogP contribution in [0.15, 0.2) is 24.3 Å². The lowest BCUT2D eigenvalue weighted by Gasteiger charge is -2.11. The second-order valence-corrected chi connectivity index (χ2v) is 4.07. The van der Waals surface area contributed by atoms with Crippen molar-refractivity contribution in [2.24, 2.45) is 5.92 Å². The Kier molecular flexibility index (Phi) is 5.36. The molecule has 0 aliphatic heterocycles. The van der Waals surface area contributed by atoms with Gasteiger partial charge in [0.05, 0.1) is 0 Å². The van der Waals surface area contributed by atoms with E-state index in [1.807, 2.05) is 6.92 Å². The van der Waals surface area contributed by atoms with E-state index in [4.69, 9.17) is 5.11 Å². The van der Waals surface area contributed by atoms with Crippen molar-refractivity contribution in [3.63, 3.8) is 0 Å². The van der Waals surface area contributed by atoms with E-state index in [1.54, 1.807) is 24.3 Å². The largest absolute Gasteiger partial charge is 0.396 e. The lowest BCUT2D eigenvalue weighted by molar-refractivity contribution is 0.0945. The Balaban J connectivity index is 2.49. The van der Waals surface area contributed by atoms with Crippen molar-refractivity contribution in [3.05, 3.63) is 35.4 Å². The van der Waals surface area contributed by atoms with Crippen LogP contribution in [-0.4, -0.2) is 30.5 Å². The Hall–Kier alpha value is -1.68. The van der Waals surface area contributed by atoms with E-state index < -0.39 is 0 Å². The highest BCUT2D eigenvalue weighted by atomic mass is 16.3. The zero-order valence-corrected chi connectivity index (χ0v) is 9.85. The molecule has 0 radical (unpaired) electrons. The zero-order valence-electron chi connectivity index (χ0n) is 9.85. The topological polar surface area (TPSA) is 66.4 Å². The van der Waals surface area contributed by atoms with Crippen LogP contribution in [0.2, 0.25) is 0 Å². The zero-order chi connectivity index (χ0) is 12.7. The third-order valence-electron chi connectivity index (χ3n) is 2.54. The number of nitrogens with one attached hydrogen (secondary N) is 1. The molecule has 0 heterocycles. The second-order valence-electron chi connectivity index (χ2n) is 4.07. The Bertz CT molecular complexity index is 373. The highest BCUT2D eigenvalue weighted by Crippen LogP contribution is 2.03. The summed E-state index contributed by atoms with van der Waals surface area (Å²) in [6.07, 6.45) is 1.41. The van der Waals surface area contributed by atoms with Gasteiger partial charge >= 0.3 is 0 Å². The Labute approximate surface area is 101 Å². The van der Waals surface area contributed by atoms with Gasteiger partial charge in [-0.2, -0.15) is 0 Å². The van der Waals surface area contributed by atoms with Gasteiger partial charge in [0, 0.05) is 24.3 Å². The maximum Gasteiger partial charge on any atom is 0.251 e. The molecule has 1 amide bonds. The molecule has 0 spiro atoms. The van der Waals surface area contributed by atoms with Crippen LogP contribution in [0.1, 0.15) is 34.1 Å². The van der Waals surface area contributed by atoms with E-state index in [9.17, 15) is 9.59 Å². The van der Waals surface area contributed by atoms with E-state index in [1.165, 1.54) is 0 Å². The van der Waals surface area contributed by atoms with Crippen molar-refractivity contribution in [2.45, 2.75) is 13.3 Å². The van der Waals surface area contributed by atoms with E-state index in [0.29, 0.717) is 24.1 Å². The van der Waals surface area contributed by atoms with E-state index in [2.05, 4.69) is 5.32 Å². The predicted molar refractivity (Wildman–Crippen MR) is 65.0 cm³/mol. The molecule has 0 saturated carbocycles. The summed E-state index contributed by atoms with van der Waals surface area (Å²) in [6, 6.07) is 6.46. The highest BCUT2D eigenvalue weighted by Gasteiger charge is 2.07. The van der Waals surface area contributed by atoms with Gasteiger partial charge in [-0.15, -0.1) is 0 Å². The third kappa shape index (κ3) is 4.36. The fourth-order valence-corrected chi connectivity index (χ4v) is 1.40. The molecule has 2 N–H and O–H groups in total. The van der Waals surface area contributed by atoms with Crippen LogP contribution in [0.3, 0.4) is 0 Å². The molecular formula is C13H17NO3. The number of aliphatic hydroxyl groups excluding tert-OH is 1. The van der Waals surface area contributed by atoms with E-state index in [0.717, 1.165) is 6.29 Å². The van der Waals surface area contributed by atoms with Gasteiger partial charge in [0.25, 0.3) is 5.91 Å². The minimum absolute atomic E-state index is 0.130. The fraction of sp³-hybridized carbons (Fsp3) is 0.385. The van der Waals surface area contributed by atoms with Crippen molar-refractivity contribution in [2.75, 3.05) is 13.2 Å². The van der Waals surface area contributed by atoms with Crippen LogP contribution in [0.25, 0.3) is 0 Å². The number of amides is 1. The summed E-state index contributed by atoms with van der Waals surface area (Å²) in [5, 5.41) is 11.5. The lowest BCUT2D eigenvalue weighted by Crippen LogP contribution is -2.28. The van der Waals surface area contributed by atoms with Crippen LogP contribution in [-0.2, 0) is 0 Å². The van der Waals surface area contributed by atoms with Gasteiger partial charge in [0.1, 0.15) is 6.29 Å². The van der Waals surface area contributed by atoms with Crippen LogP contribution < -0.4 is 5.32 Å². The molecule has 0 saturated heterocycles. The second kappa shape index (κ2) is 6.81. The molecule has 0 fully saturated rings. The first-order valence-corrected chi connectivity index (χ1v) is 5.61. The average molecular weight is 235 g/mol. The van der Waals surface area contributed by atoms with Crippen LogP contribution in [0.5, 0.6) is 0 Å². The monoisotopic (exact) mass is 235 g/mol. The number of aliphatic hydroxyl groups is 1. The number of rotatable bonds is 6. The maximum absolute atomic E-state index is 11.7. The SMILES string of the molecule is CC(CCO)CNC(=O)c1ccc(C=O)cc1. The molecular weight excluding hydrogens is 218 g/mol. The summed E-state index contributed by atoms with van der Waals surface area (Å²) in [5.74, 6) is 0.0884. The average Bonchev–Trinajstić information content (AvgIpc) is 2.36. The number of hydrogen-bond acceptors (Lipinski definition) is 3. The van der Waals surface area contributed by atoms with Gasteiger partial charge in [-0.25, -0.2) is 0 Å². The summed E-state index contributed by atoms with van der Waals surface area (Å²) in [7, 11) is 0. The van der Waals surface area contributed by atoms with Crippen LogP contribution >= 0.6 is 0 Å². The smallest absolute Gasteiger partial charge is 0.251 e. The van der Waals surface area contributed by atoms with Gasteiger partial charge in [-0.05, 0) is 24.5 Å². The minimum Gasteiger partial charge on any atom is -0.396 e. The molecule has 4 nitrogen and oxygen atoms in total. The van der Waals surface area contributed by atoms with Crippen LogP contribution in [0.4, 0.5) is 0 Å². The quantitative estimate of drug-likeness (QED) is 0.729. The van der Waals surface area contributed by atoms with Gasteiger partial charge in [0.15, 0.2) is 0 Å². The Morgan fingerprint density at radius 1 is 1.41 bits per heavy atom. The molecule has 1 rings (SSSR count). The maximum atomic E-state index is 11.7. The van der Waals surface area contributed by atoms with Crippen molar-refractivity contribution < 1.29 is 14.7 Å². The van der Waals surface area contributed by atoms with Gasteiger partial charge in [-0.3, -0.25) is 9.59 Å². The molecule has 0 bridgehead atoms. The van der Waals surface area contributed by atoms with Crippen LogP contribution in [0, 0.1) is 5.92 Å². The summed E-state index contributed by atoms with van der Waals surface area (Å²) < 4.78 is 0. The molecule has 1 atom stereocenters. The van der Waals surface area contributed by atoms with E-state index in [-0.39, 0.29) is 18.4 Å². The minimum atomic E-state index is -0.160. The highest BCUT2D eigenvalue weighted by molar-refractivity contribution is 5.94. The summed E-state index contributed by atoms with van der Waals surface area (Å²) >= 11 is 0. The number of benzene rings is 1. The summed E-state index contributed by atoms with van der Waals surface area (Å²) in [6.45, 7) is 2.63. The third-order valence-corrected chi connectivity index (χ3v) is 2.54. The Morgan fingerprint density at radius 3 is 2.59 bits per heavy atom. The molecule has 0 aliphatic rings. The molecule has 0 aliphatic carbocycles. The van der Waals surface area contributed by atoms with Crippen molar-refractivity contribution in [3.8, 4) is 0 Å². The molecule has 1 unspecified atom stereocenters. The van der Waals surface area contributed by atoms with Crippen molar-refractivity contribution >= 4 is 12.2 Å². The van der Waals surface area contributed by atoms with Crippen molar-refractivity contribution in [1.29, 1.82) is 0 Å². The first-order chi connectivity index (χ1) is 8.17. The first-order valence-electron chi connectivity index (χ1n) is 5.61. The first kappa shape index (κ1) is 13.4. The molecule has 1 aromatic rings. The number of carbonyl (C=O) groups is 2. The molecule has 92 valence electrons. The van der Waals surface area contributed by atoms with Gasteiger partial charge < -0.3 is 10.4 Å². The molecule has 17 heavy (non-hydrogen) atoms.